The number of carbonyl (C=O) groups is 3. The Balaban J connectivity index is 3.03. The molecule has 0 heterocycles. The minimum absolute atomic E-state index is 0.0837. The van der Waals surface area contributed by atoms with Crippen molar-refractivity contribution in [3.05, 3.63) is 48.0 Å². The number of hydrogen-bond acceptors (Lipinski definition) is 3. The molecule has 0 aliphatic carbocycles. The molecule has 0 unspecified atom stereocenters. The standard InChI is InChI=1S/C26H39NO3/c1-17(2)13-20(7)24(28)16-22(15-21-11-9-8-10-12-21)26(30)27-23(14-18(3)4)25(29)19(5)6/h8-12,17-18,20,22-23H,5,13-16H2,1-4,6-7H3,(H,27,30)/t20-,22+,23-/m0/s1. The van der Waals surface area contributed by atoms with Gasteiger partial charge in [0.25, 0.3) is 0 Å². The lowest BCUT2D eigenvalue weighted by Gasteiger charge is -2.24. The molecule has 0 bridgehead atoms. The maximum atomic E-state index is 13.2. The summed E-state index contributed by atoms with van der Waals surface area (Å²) >= 11 is 0. The van der Waals surface area contributed by atoms with Crippen LogP contribution in [0.2, 0.25) is 0 Å². The van der Waals surface area contributed by atoms with Gasteiger partial charge in [0.15, 0.2) is 5.78 Å². The summed E-state index contributed by atoms with van der Waals surface area (Å²) in [6.45, 7) is 15.6. The van der Waals surface area contributed by atoms with Crippen molar-refractivity contribution in [3.8, 4) is 0 Å². The van der Waals surface area contributed by atoms with Crippen LogP contribution < -0.4 is 5.32 Å². The van der Waals surface area contributed by atoms with E-state index in [1.54, 1.807) is 6.92 Å². The van der Waals surface area contributed by atoms with Crippen LogP contribution in [-0.4, -0.2) is 23.5 Å². The summed E-state index contributed by atoms with van der Waals surface area (Å²) in [6, 6.07) is 9.12. The number of benzene rings is 1. The molecule has 0 saturated heterocycles. The van der Waals surface area contributed by atoms with Gasteiger partial charge in [0, 0.05) is 18.3 Å². The van der Waals surface area contributed by atoms with Gasteiger partial charge in [-0.25, -0.2) is 0 Å². The van der Waals surface area contributed by atoms with Gasteiger partial charge in [-0.15, -0.1) is 0 Å². The predicted octanol–water partition coefficient (Wildman–Crippen LogP) is 5.16. The van der Waals surface area contributed by atoms with Gasteiger partial charge in [0.1, 0.15) is 5.78 Å². The molecule has 0 saturated carbocycles. The number of nitrogens with one attached hydrogen (secondary N) is 1. The zero-order valence-corrected chi connectivity index (χ0v) is 19.5. The van der Waals surface area contributed by atoms with Crippen LogP contribution in [0.25, 0.3) is 0 Å². The van der Waals surface area contributed by atoms with Gasteiger partial charge in [-0.05, 0) is 49.2 Å². The van der Waals surface area contributed by atoms with Crippen molar-refractivity contribution in [3.63, 3.8) is 0 Å². The summed E-state index contributed by atoms with van der Waals surface area (Å²) in [5.41, 5.74) is 1.44. The first-order valence-electron chi connectivity index (χ1n) is 11.1. The molecule has 4 nitrogen and oxygen atoms in total. The highest BCUT2D eigenvalue weighted by molar-refractivity contribution is 6.01. The third kappa shape index (κ3) is 9.06. The average molecular weight is 414 g/mol. The molecule has 1 aromatic carbocycles. The van der Waals surface area contributed by atoms with Gasteiger partial charge in [0.05, 0.1) is 6.04 Å². The normalized spacial score (nSPS) is 14.3. The molecule has 1 amide bonds. The van der Waals surface area contributed by atoms with Gasteiger partial charge in [-0.3, -0.25) is 14.4 Å². The molecule has 0 aromatic heterocycles. The maximum absolute atomic E-state index is 13.2. The highest BCUT2D eigenvalue weighted by atomic mass is 16.2. The van der Waals surface area contributed by atoms with Crippen molar-refractivity contribution < 1.29 is 14.4 Å². The zero-order chi connectivity index (χ0) is 22.8. The lowest BCUT2D eigenvalue weighted by Crippen LogP contribution is -2.45. The Bertz CT molecular complexity index is 721. The first-order valence-corrected chi connectivity index (χ1v) is 11.1. The fourth-order valence-corrected chi connectivity index (χ4v) is 3.73. The van der Waals surface area contributed by atoms with Gasteiger partial charge < -0.3 is 5.32 Å². The van der Waals surface area contributed by atoms with Gasteiger partial charge >= 0.3 is 0 Å². The van der Waals surface area contributed by atoms with Crippen molar-refractivity contribution in [2.45, 2.75) is 73.3 Å². The number of hydrogen-bond donors (Lipinski definition) is 1. The van der Waals surface area contributed by atoms with Gasteiger partial charge in [0.2, 0.25) is 5.91 Å². The van der Waals surface area contributed by atoms with E-state index in [0.717, 1.165) is 12.0 Å². The topological polar surface area (TPSA) is 63.2 Å². The molecular formula is C26H39NO3. The average Bonchev–Trinajstić information content (AvgIpc) is 2.65. The second-order valence-electron chi connectivity index (χ2n) is 9.42. The molecular weight excluding hydrogens is 374 g/mol. The summed E-state index contributed by atoms with van der Waals surface area (Å²) in [6.07, 6.45) is 2.02. The molecule has 0 spiro atoms. The highest BCUT2D eigenvalue weighted by Crippen LogP contribution is 2.20. The third-order valence-electron chi connectivity index (χ3n) is 5.28. The SMILES string of the molecule is C=C(C)C(=O)[C@H](CC(C)C)NC(=O)[C@@H](CC(=O)[C@@H](C)CC(C)C)Cc1ccccc1. The van der Waals surface area contributed by atoms with Crippen LogP contribution in [0.3, 0.4) is 0 Å². The van der Waals surface area contributed by atoms with E-state index in [-0.39, 0.29) is 35.7 Å². The van der Waals surface area contributed by atoms with E-state index in [4.69, 9.17) is 0 Å². The molecule has 3 atom stereocenters. The van der Waals surface area contributed by atoms with E-state index in [1.807, 2.05) is 51.1 Å². The number of Topliss-reactive ketones (excluding diaryl/α,β-unsaturated/α-hetero) is 2. The summed E-state index contributed by atoms with van der Waals surface area (Å²) in [7, 11) is 0. The molecule has 1 rings (SSSR count). The molecule has 0 fully saturated rings. The van der Waals surface area contributed by atoms with Crippen LogP contribution in [0.5, 0.6) is 0 Å². The molecule has 0 radical (unpaired) electrons. The van der Waals surface area contributed by atoms with Crippen LogP contribution in [0.1, 0.15) is 66.4 Å². The van der Waals surface area contributed by atoms with E-state index in [1.165, 1.54) is 0 Å². The molecule has 4 heteroatoms. The van der Waals surface area contributed by atoms with Crippen LogP contribution in [0.4, 0.5) is 0 Å². The first kappa shape index (κ1) is 25.8. The molecule has 30 heavy (non-hydrogen) atoms. The molecule has 0 aliphatic rings. The van der Waals surface area contributed by atoms with Crippen molar-refractivity contribution in [1.29, 1.82) is 0 Å². The Morgan fingerprint density at radius 3 is 2.00 bits per heavy atom. The Hall–Kier alpha value is -2.23. The second kappa shape index (κ2) is 12.5. The monoisotopic (exact) mass is 413 g/mol. The fourth-order valence-electron chi connectivity index (χ4n) is 3.73. The predicted molar refractivity (Wildman–Crippen MR) is 123 cm³/mol. The second-order valence-corrected chi connectivity index (χ2v) is 9.42. The zero-order valence-electron chi connectivity index (χ0n) is 19.5. The van der Waals surface area contributed by atoms with E-state index >= 15 is 0 Å². The molecule has 0 aliphatic heterocycles. The minimum atomic E-state index is -0.600. The van der Waals surface area contributed by atoms with E-state index in [9.17, 15) is 14.4 Å². The van der Waals surface area contributed by atoms with E-state index in [0.29, 0.717) is 24.3 Å². The molecule has 1 N–H and O–H groups in total. The van der Waals surface area contributed by atoms with Crippen LogP contribution in [0, 0.1) is 23.7 Å². The maximum Gasteiger partial charge on any atom is 0.224 e. The minimum Gasteiger partial charge on any atom is -0.346 e. The largest absolute Gasteiger partial charge is 0.346 e. The summed E-state index contributed by atoms with van der Waals surface area (Å²) in [5.74, 6) is -0.180. The van der Waals surface area contributed by atoms with Crippen LogP contribution in [-0.2, 0) is 20.8 Å². The summed E-state index contributed by atoms with van der Waals surface area (Å²) < 4.78 is 0. The number of amides is 1. The number of carbonyl (C=O) groups excluding carboxylic acids is 3. The van der Waals surface area contributed by atoms with E-state index in [2.05, 4.69) is 25.7 Å². The Morgan fingerprint density at radius 1 is 0.933 bits per heavy atom. The van der Waals surface area contributed by atoms with Crippen molar-refractivity contribution in [2.75, 3.05) is 0 Å². The van der Waals surface area contributed by atoms with Crippen molar-refractivity contribution >= 4 is 17.5 Å². The van der Waals surface area contributed by atoms with Gasteiger partial charge in [-0.1, -0.05) is 71.5 Å². The summed E-state index contributed by atoms with van der Waals surface area (Å²) in [4.78, 5) is 38.6. The third-order valence-corrected chi connectivity index (χ3v) is 5.28. The molecule has 1 aromatic rings. The lowest BCUT2D eigenvalue weighted by molar-refractivity contribution is -0.133. The van der Waals surface area contributed by atoms with Gasteiger partial charge in [-0.2, -0.15) is 0 Å². The van der Waals surface area contributed by atoms with Crippen molar-refractivity contribution in [1.82, 2.24) is 5.32 Å². The first-order chi connectivity index (χ1) is 14.0. The Morgan fingerprint density at radius 2 is 1.50 bits per heavy atom. The highest BCUT2D eigenvalue weighted by Gasteiger charge is 2.29. The fraction of sp³-hybridized carbons (Fsp3) is 0.577. The smallest absolute Gasteiger partial charge is 0.224 e. The Labute approximate surface area is 182 Å². The van der Waals surface area contributed by atoms with E-state index < -0.39 is 12.0 Å². The quantitative estimate of drug-likeness (QED) is 0.454. The number of ketones is 2. The van der Waals surface area contributed by atoms with Crippen molar-refractivity contribution in [2.24, 2.45) is 23.7 Å². The number of rotatable bonds is 13. The van der Waals surface area contributed by atoms with Crippen LogP contribution >= 0.6 is 0 Å². The Kier molecular flexibility index (Phi) is 10.7. The summed E-state index contributed by atoms with van der Waals surface area (Å²) in [5, 5.41) is 2.93. The lowest BCUT2D eigenvalue weighted by atomic mass is 9.86. The molecule has 166 valence electrons. The van der Waals surface area contributed by atoms with Crippen LogP contribution in [0.15, 0.2) is 42.5 Å².